The van der Waals surface area contributed by atoms with Gasteiger partial charge < -0.3 is 9.84 Å². The SMILES string of the molecule is O=C(c1ccccc1)C(O)c1ccc(OC(F)(F)F)cc1. The number of carbonyl (C=O) groups excluding carboxylic acids is 1. The van der Waals surface area contributed by atoms with Gasteiger partial charge in [0.1, 0.15) is 11.9 Å². The van der Waals surface area contributed by atoms with Crippen LogP contribution in [-0.4, -0.2) is 17.3 Å². The van der Waals surface area contributed by atoms with E-state index < -0.39 is 24.0 Å². The van der Waals surface area contributed by atoms with E-state index in [-0.39, 0.29) is 5.56 Å². The van der Waals surface area contributed by atoms with Gasteiger partial charge in [-0.05, 0) is 17.7 Å². The van der Waals surface area contributed by atoms with Crippen LogP contribution in [0.2, 0.25) is 0 Å². The minimum atomic E-state index is -4.78. The molecule has 0 bridgehead atoms. The van der Waals surface area contributed by atoms with Gasteiger partial charge in [-0.2, -0.15) is 0 Å². The Bertz CT molecular complexity index is 606. The average Bonchev–Trinajstić information content (AvgIpc) is 2.46. The first-order valence-electron chi connectivity index (χ1n) is 6.00. The van der Waals surface area contributed by atoms with E-state index in [4.69, 9.17) is 0 Å². The number of aliphatic hydroxyl groups is 1. The van der Waals surface area contributed by atoms with Gasteiger partial charge in [0.05, 0.1) is 0 Å². The third-order valence-electron chi connectivity index (χ3n) is 2.74. The fourth-order valence-electron chi connectivity index (χ4n) is 1.76. The van der Waals surface area contributed by atoms with Crippen LogP contribution in [-0.2, 0) is 0 Å². The standard InChI is InChI=1S/C15H11F3O3/c16-15(17,18)21-12-8-6-11(7-9-12)14(20)13(19)10-4-2-1-3-5-10/h1-9,14,20H. The van der Waals surface area contributed by atoms with E-state index in [0.29, 0.717) is 5.56 Å². The molecule has 1 N–H and O–H groups in total. The van der Waals surface area contributed by atoms with Crippen molar-refractivity contribution in [3.63, 3.8) is 0 Å². The molecule has 0 heterocycles. The highest BCUT2D eigenvalue weighted by atomic mass is 19.4. The summed E-state index contributed by atoms with van der Waals surface area (Å²) in [6, 6.07) is 12.7. The highest BCUT2D eigenvalue weighted by molar-refractivity contribution is 5.99. The molecule has 1 atom stereocenters. The van der Waals surface area contributed by atoms with Crippen molar-refractivity contribution in [2.45, 2.75) is 12.5 Å². The molecule has 0 saturated heterocycles. The molecule has 0 aliphatic rings. The lowest BCUT2D eigenvalue weighted by Gasteiger charge is -2.12. The first kappa shape index (κ1) is 15.1. The van der Waals surface area contributed by atoms with Gasteiger partial charge in [0.25, 0.3) is 0 Å². The molecule has 0 saturated carbocycles. The molecule has 3 nitrogen and oxygen atoms in total. The number of alkyl halides is 3. The first-order valence-corrected chi connectivity index (χ1v) is 6.00. The second-order valence-corrected chi connectivity index (χ2v) is 4.25. The summed E-state index contributed by atoms with van der Waals surface area (Å²) in [5.74, 6) is -0.939. The van der Waals surface area contributed by atoms with Crippen LogP contribution in [0, 0.1) is 0 Å². The largest absolute Gasteiger partial charge is 0.573 e. The van der Waals surface area contributed by atoms with Gasteiger partial charge in [-0.1, -0.05) is 42.5 Å². The van der Waals surface area contributed by atoms with Crippen molar-refractivity contribution in [1.29, 1.82) is 0 Å². The van der Waals surface area contributed by atoms with Crippen molar-refractivity contribution >= 4 is 5.78 Å². The lowest BCUT2D eigenvalue weighted by molar-refractivity contribution is -0.274. The summed E-state index contributed by atoms with van der Waals surface area (Å²) in [4.78, 5) is 12.0. The van der Waals surface area contributed by atoms with Crippen molar-refractivity contribution in [3.05, 3.63) is 65.7 Å². The summed E-state index contributed by atoms with van der Waals surface area (Å²) >= 11 is 0. The predicted octanol–water partition coefficient (Wildman–Crippen LogP) is 3.50. The quantitative estimate of drug-likeness (QED) is 0.878. The Morgan fingerprint density at radius 3 is 2.10 bits per heavy atom. The first-order chi connectivity index (χ1) is 9.87. The van der Waals surface area contributed by atoms with Gasteiger partial charge >= 0.3 is 6.36 Å². The lowest BCUT2D eigenvalue weighted by Crippen LogP contribution is -2.17. The monoisotopic (exact) mass is 296 g/mol. The number of rotatable bonds is 4. The molecule has 110 valence electrons. The Labute approximate surface area is 118 Å². The number of hydrogen-bond donors (Lipinski definition) is 1. The number of carbonyl (C=O) groups is 1. The molecule has 0 aromatic heterocycles. The van der Waals surface area contributed by atoms with Crippen LogP contribution >= 0.6 is 0 Å². The summed E-state index contributed by atoms with van der Waals surface area (Å²) in [5, 5.41) is 9.95. The van der Waals surface area contributed by atoms with Crippen LogP contribution in [0.1, 0.15) is 22.0 Å². The molecule has 0 amide bonds. The Balaban J connectivity index is 2.13. The van der Waals surface area contributed by atoms with Crippen molar-refractivity contribution in [1.82, 2.24) is 0 Å². The number of ketones is 1. The van der Waals surface area contributed by atoms with Gasteiger partial charge in [-0.25, -0.2) is 0 Å². The highest BCUT2D eigenvalue weighted by Gasteiger charge is 2.31. The van der Waals surface area contributed by atoms with Crippen LogP contribution in [0.25, 0.3) is 0 Å². The molecule has 6 heteroatoms. The van der Waals surface area contributed by atoms with E-state index in [9.17, 15) is 23.1 Å². The number of halogens is 3. The lowest BCUT2D eigenvalue weighted by atomic mass is 10.00. The van der Waals surface area contributed by atoms with E-state index in [0.717, 1.165) is 12.1 Å². The maximum atomic E-state index is 12.0. The van der Waals surface area contributed by atoms with Crippen molar-refractivity contribution in [3.8, 4) is 5.75 Å². The number of ether oxygens (including phenoxy) is 1. The molecular formula is C15H11F3O3. The van der Waals surface area contributed by atoms with E-state index in [1.54, 1.807) is 30.3 Å². The maximum Gasteiger partial charge on any atom is 0.573 e. The second-order valence-electron chi connectivity index (χ2n) is 4.25. The zero-order valence-electron chi connectivity index (χ0n) is 10.7. The maximum absolute atomic E-state index is 12.0. The van der Waals surface area contributed by atoms with Gasteiger partial charge in [-0.3, -0.25) is 4.79 Å². The second kappa shape index (κ2) is 5.97. The van der Waals surface area contributed by atoms with Crippen molar-refractivity contribution in [2.75, 3.05) is 0 Å². The Hall–Kier alpha value is -2.34. The molecule has 0 aliphatic carbocycles. The van der Waals surface area contributed by atoms with E-state index in [2.05, 4.69) is 4.74 Å². The fraction of sp³-hybridized carbons (Fsp3) is 0.133. The van der Waals surface area contributed by atoms with Gasteiger partial charge in [0.15, 0.2) is 5.78 Å². The number of aliphatic hydroxyl groups excluding tert-OH is 1. The number of Topliss-reactive ketones (excluding diaryl/α,β-unsaturated/α-hetero) is 1. The summed E-state index contributed by atoms with van der Waals surface area (Å²) in [7, 11) is 0. The van der Waals surface area contributed by atoms with Crippen LogP contribution in [0.5, 0.6) is 5.75 Å². The highest BCUT2D eigenvalue weighted by Crippen LogP contribution is 2.25. The van der Waals surface area contributed by atoms with Gasteiger partial charge in [0, 0.05) is 5.56 Å². The Morgan fingerprint density at radius 1 is 1.00 bits per heavy atom. The van der Waals surface area contributed by atoms with E-state index >= 15 is 0 Å². The van der Waals surface area contributed by atoms with Gasteiger partial charge in [-0.15, -0.1) is 13.2 Å². The fourth-order valence-corrected chi connectivity index (χ4v) is 1.76. The third kappa shape index (κ3) is 4.06. The Morgan fingerprint density at radius 2 is 1.57 bits per heavy atom. The zero-order chi connectivity index (χ0) is 15.5. The van der Waals surface area contributed by atoms with E-state index in [1.807, 2.05) is 0 Å². The van der Waals surface area contributed by atoms with Crippen LogP contribution in [0.3, 0.4) is 0 Å². The minimum absolute atomic E-state index is 0.193. The normalized spacial score (nSPS) is 12.8. The third-order valence-corrected chi connectivity index (χ3v) is 2.74. The van der Waals surface area contributed by atoms with E-state index in [1.165, 1.54) is 12.1 Å². The zero-order valence-corrected chi connectivity index (χ0v) is 10.7. The molecule has 0 fully saturated rings. The molecule has 2 aromatic carbocycles. The topological polar surface area (TPSA) is 46.5 Å². The Kier molecular flexibility index (Phi) is 4.28. The van der Waals surface area contributed by atoms with Crippen molar-refractivity contribution in [2.24, 2.45) is 0 Å². The average molecular weight is 296 g/mol. The molecule has 0 aliphatic heterocycles. The molecule has 1 unspecified atom stereocenters. The summed E-state index contributed by atoms with van der Waals surface area (Å²) in [6.45, 7) is 0. The molecule has 0 spiro atoms. The van der Waals surface area contributed by atoms with Crippen LogP contribution in [0.4, 0.5) is 13.2 Å². The predicted molar refractivity (Wildman–Crippen MR) is 68.9 cm³/mol. The number of benzene rings is 2. The molecule has 2 rings (SSSR count). The molecule has 21 heavy (non-hydrogen) atoms. The molecular weight excluding hydrogens is 285 g/mol. The smallest absolute Gasteiger partial charge is 0.406 e. The summed E-state index contributed by atoms with van der Waals surface area (Å²) in [5.41, 5.74) is 0.513. The van der Waals surface area contributed by atoms with Crippen LogP contribution in [0.15, 0.2) is 54.6 Å². The molecule has 2 aromatic rings. The summed E-state index contributed by atoms with van der Waals surface area (Å²) < 4.78 is 39.8. The summed E-state index contributed by atoms with van der Waals surface area (Å²) in [6.07, 6.45) is -6.22. The molecule has 0 radical (unpaired) electrons. The van der Waals surface area contributed by atoms with Crippen LogP contribution < -0.4 is 4.74 Å². The number of hydrogen-bond acceptors (Lipinski definition) is 3. The van der Waals surface area contributed by atoms with Crippen molar-refractivity contribution < 1.29 is 27.8 Å². The van der Waals surface area contributed by atoms with Gasteiger partial charge in [0.2, 0.25) is 0 Å². The minimum Gasteiger partial charge on any atom is -0.406 e.